The van der Waals surface area contributed by atoms with Crippen LogP contribution in [0.1, 0.15) is 16.1 Å². The third-order valence-corrected chi connectivity index (χ3v) is 4.75. The van der Waals surface area contributed by atoms with Gasteiger partial charge in [-0.25, -0.2) is 0 Å². The Morgan fingerprint density at radius 1 is 0.964 bits per heavy atom. The van der Waals surface area contributed by atoms with Crippen LogP contribution < -0.4 is 22.7 Å². The van der Waals surface area contributed by atoms with Gasteiger partial charge in [-0.15, -0.1) is 0 Å². The number of non-ortho nitro benzene ring substituents is 1. The summed E-state index contributed by atoms with van der Waals surface area (Å²) in [6.07, 6.45) is 0. The molecule has 0 aliphatic heterocycles. The third-order valence-electron chi connectivity index (χ3n) is 4.75. The van der Waals surface area contributed by atoms with Gasteiger partial charge in [-0.2, -0.15) is 4.57 Å². The number of nitrogens with two attached hydrogens (primary N) is 1. The van der Waals surface area contributed by atoms with Crippen LogP contribution in [0, 0.1) is 10.1 Å². The van der Waals surface area contributed by atoms with Crippen molar-refractivity contribution in [1.29, 1.82) is 0 Å². The maximum atomic E-state index is 13.3. The predicted molar refractivity (Wildman–Crippen MR) is 104 cm³/mol. The van der Waals surface area contributed by atoms with Crippen molar-refractivity contribution in [2.24, 2.45) is 7.05 Å². The van der Waals surface area contributed by atoms with E-state index in [-0.39, 0.29) is 23.9 Å². The molecule has 7 heteroatoms. The largest absolute Gasteiger partial charge is 1.00 e. The second-order valence-corrected chi connectivity index (χ2v) is 6.36. The Labute approximate surface area is 166 Å². The molecule has 0 atom stereocenters. The summed E-state index contributed by atoms with van der Waals surface area (Å²) in [7, 11) is 1.84. The van der Waals surface area contributed by atoms with Gasteiger partial charge in [-0.3, -0.25) is 14.9 Å². The number of halogens is 1. The van der Waals surface area contributed by atoms with Gasteiger partial charge < -0.3 is 18.1 Å². The first-order valence-corrected chi connectivity index (χ1v) is 8.36. The molecular weight excluding hydrogens is 378 g/mol. The maximum absolute atomic E-state index is 13.3. The summed E-state index contributed by atoms with van der Waals surface area (Å²) in [5.74, 6) is -0.214. The normalized spacial score (nSPS) is 10.6. The monoisotopic (exact) mass is 393 g/mol. The quantitative estimate of drug-likeness (QED) is 0.137. The Hall–Kier alpha value is -3.51. The number of pyridine rings is 1. The summed E-state index contributed by atoms with van der Waals surface area (Å²) < 4.78 is 1.85. The lowest BCUT2D eigenvalue weighted by molar-refractivity contribution is -0.645. The first-order chi connectivity index (χ1) is 13.0. The summed E-state index contributed by atoms with van der Waals surface area (Å²) in [5, 5.41) is 13.6. The highest BCUT2D eigenvalue weighted by atomic mass is 35.5. The number of nitro benzene ring substituents is 1. The van der Waals surface area contributed by atoms with E-state index in [4.69, 9.17) is 5.73 Å². The zero-order chi connectivity index (χ0) is 19.1. The summed E-state index contributed by atoms with van der Waals surface area (Å²) in [6.45, 7) is 0. The number of aromatic nitrogens is 1. The number of benzene rings is 3. The lowest BCUT2D eigenvalue weighted by Gasteiger charge is -2.09. The molecule has 0 radical (unpaired) electrons. The molecule has 3 aromatic carbocycles. The number of para-hydroxylation sites is 1. The van der Waals surface area contributed by atoms with E-state index in [0.29, 0.717) is 16.9 Å². The lowest BCUT2D eigenvalue weighted by atomic mass is 9.98. The molecule has 0 bridgehead atoms. The number of nitro groups is 1. The average molecular weight is 394 g/mol. The number of carbonyl (C=O) groups is 1. The highest BCUT2D eigenvalue weighted by Gasteiger charge is 2.26. The molecular formula is C21H16ClN3O3. The van der Waals surface area contributed by atoms with Crippen molar-refractivity contribution in [3.8, 4) is 0 Å². The van der Waals surface area contributed by atoms with E-state index < -0.39 is 4.92 Å². The number of nitrogen functional groups attached to an aromatic ring is 1. The molecule has 4 aromatic rings. The maximum Gasteiger partial charge on any atom is 0.269 e. The van der Waals surface area contributed by atoms with Crippen molar-refractivity contribution in [3.05, 3.63) is 88.1 Å². The van der Waals surface area contributed by atoms with Gasteiger partial charge in [0.15, 0.2) is 0 Å². The smallest absolute Gasteiger partial charge is 0.269 e. The molecule has 1 heterocycles. The molecule has 28 heavy (non-hydrogen) atoms. The van der Waals surface area contributed by atoms with Crippen molar-refractivity contribution in [2.45, 2.75) is 0 Å². The topological polar surface area (TPSA) is 90.1 Å². The van der Waals surface area contributed by atoms with Crippen molar-refractivity contribution >= 4 is 38.8 Å². The van der Waals surface area contributed by atoms with Gasteiger partial charge in [0.1, 0.15) is 7.05 Å². The molecule has 140 valence electrons. The van der Waals surface area contributed by atoms with E-state index in [0.717, 1.165) is 21.7 Å². The molecule has 2 N–H and O–H groups in total. The number of rotatable bonds is 3. The Morgan fingerprint density at radius 2 is 1.64 bits per heavy atom. The molecule has 0 saturated heterocycles. The minimum absolute atomic E-state index is 0. The van der Waals surface area contributed by atoms with Gasteiger partial charge in [-0.1, -0.05) is 18.2 Å². The zero-order valence-corrected chi connectivity index (χ0v) is 15.7. The van der Waals surface area contributed by atoms with Gasteiger partial charge in [0.25, 0.3) is 17.2 Å². The molecule has 0 aliphatic rings. The summed E-state index contributed by atoms with van der Waals surface area (Å²) in [6, 6.07) is 19.0. The van der Waals surface area contributed by atoms with Crippen LogP contribution in [-0.4, -0.2) is 10.7 Å². The van der Waals surface area contributed by atoms with Crippen LogP contribution in [0.3, 0.4) is 0 Å². The lowest BCUT2D eigenvalue weighted by Crippen LogP contribution is -3.00. The highest BCUT2D eigenvalue weighted by Crippen LogP contribution is 2.28. The number of nitrogens with zero attached hydrogens (tertiary/aromatic N) is 2. The number of fused-ring (bicyclic) bond motifs is 3. The van der Waals surface area contributed by atoms with Crippen LogP contribution in [-0.2, 0) is 7.05 Å². The molecule has 0 amide bonds. The molecule has 0 fully saturated rings. The van der Waals surface area contributed by atoms with Crippen LogP contribution in [0.15, 0.2) is 66.7 Å². The van der Waals surface area contributed by atoms with Gasteiger partial charge in [-0.05, 0) is 30.3 Å². The number of aryl methyl sites for hydroxylation is 1. The Bertz CT molecular complexity index is 1240. The highest BCUT2D eigenvalue weighted by molar-refractivity contribution is 6.18. The molecule has 4 rings (SSSR count). The van der Waals surface area contributed by atoms with E-state index in [9.17, 15) is 14.9 Å². The van der Waals surface area contributed by atoms with Gasteiger partial charge in [0.2, 0.25) is 5.52 Å². The molecule has 0 saturated carbocycles. The Morgan fingerprint density at radius 3 is 2.32 bits per heavy atom. The first-order valence-electron chi connectivity index (χ1n) is 8.36. The molecule has 0 spiro atoms. The minimum Gasteiger partial charge on any atom is -1.00 e. The van der Waals surface area contributed by atoms with E-state index >= 15 is 0 Å². The van der Waals surface area contributed by atoms with Gasteiger partial charge in [0, 0.05) is 34.8 Å². The number of carbonyl (C=O) groups excluding carboxylic acids is 1. The number of anilines is 1. The summed E-state index contributed by atoms with van der Waals surface area (Å²) in [5.41, 5.74) is 8.29. The van der Waals surface area contributed by atoms with E-state index in [1.54, 1.807) is 6.07 Å². The number of hydrogen-bond donors (Lipinski definition) is 1. The third kappa shape index (κ3) is 3.04. The first kappa shape index (κ1) is 19.3. The van der Waals surface area contributed by atoms with Crippen LogP contribution in [0.5, 0.6) is 0 Å². The Kier molecular flexibility index (Phi) is 4.98. The SMILES string of the molecule is C[n+]1c(C(=O)c2ccc([N+](=O)[O-])cc2)c2cc(N)ccc2c2ccccc21.[Cl-]. The van der Waals surface area contributed by atoms with Crippen molar-refractivity contribution in [3.63, 3.8) is 0 Å². The van der Waals surface area contributed by atoms with Gasteiger partial charge >= 0.3 is 0 Å². The zero-order valence-electron chi connectivity index (χ0n) is 14.9. The standard InChI is InChI=1S/C21H15N3O3.ClH/c1-23-19-5-3-2-4-17(19)16-11-8-14(22)12-18(16)20(23)21(25)13-6-9-15(10-7-13)24(26)27;/h2-12H,1H3,(H-,22,25);1H. The summed E-state index contributed by atoms with van der Waals surface area (Å²) >= 11 is 0. The number of hydrogen-bond acceptors (Lipinski definition) is 4. The second-order valence-electron chi connectivity index (χ2n) is 6.36. The fraction of sp³-hybridized carbons (Fsp3) is 0.0476. The number of ketones is 1. The average Bonchev–Trinajstić information content (AvgIpc) is 2.68. The van der Waals surface area contributed by atoms with Crippen LogP contribution in [0.25, 0.3) is 21.7 Å². The minimum atomic E-state index is -0.486. The van der Waals surface area contributed by atoms with E-state index in [1.165, 1.54) is 24.3 Å². The fourth-order valence-corrected chi connectivity index (χ4v) is 3.43. The predicted octanol–water partition coefficient (Wildman–Crippen LogP) is 0.543. The van der Waals surface area contributed by atoms with E-state index in [2.05, 4.69) is 0 Å². The summed E-state index contributed by atoms with van der Waals surface area (Å²) in [4.78, 5) is 23.7. The van der Waals surface area contributed by atoms with Crippen molar-refractivity contribution < 1.29 is 26.7 Å². The Balaban J connectivity index is 0.00000225. The van der Waals surface area contributed by atoms with E-state index in [1.807, 2.05) is 48.0 Å². The van der Waals surface area contributed by atoms with Crippen molar-refractivity contribution in [1.82, 2.24) is 0 Å². The van der Waals surface area contributed by atoms with Crippen molar-refractivity contribution in [2.75, 3.05) is 5.73 Å². The molecule has 0 aliphatic carbocycles. The molecule has 6 nitrogen and oxygen atoms in total. The second kappa shape index (κ2) is 7.25. The van der Waals surface area contributed by atoms with Crippen LogP contribution in [0.4, 0.5) is 11.4 Å². The molecule has 1 aromatic heterocycles. The molecule has 0 unspecified atom stereocenters. The van der Waals surface area contributed by atoms with Crippen LogP contribution >= 0.6 is 0 Å². The van der Waals surface area contributed by atoms with Gasteiger partial charge in [0.05, 0.1) is 15.7 Å². The fourth-order valence-electron chi connectivity index (χ4n) is 3.43. The van der Waals surface area contributed by atoms with Crippen LogP contribution in [0.2, 0.25) is 0 Å².